The van der Waals surface area contributed by atoms with Crippen molar-refractivity contribution in [2.24, 2.45) is 0 Å². The Morgan fingerprint density at radius 3 is 2.50 bits per heavy atom. The second-order valence-corrected chi connectivity index (χ2v) is 9.15. The average molecular weight is 497 g/mol. The van der Waals surface area contributed by atoms with Crippen LogP contribution in [0.5, 0.6) is 0 Å². The highest BCUT2D eigenvalue weighted by Crippen LogP contribution is 2.57. The summed E-state index contributed by atoms with van der Waals surface area (Å²) in [6.45, 7) is 3.94. The van der Waals surface area contributed by atoms with E-state index in [1.807, 2.05) is 17.0 Å². The lowest BCUT2D eigenvalue weighted by atomic mass is 10.2. The van der Waals surface area contributed by atoms with Crippen LogP contribution in [0.3, 0.4) is 0 Å². The first-order chi connectivity index (χ1) is 12.0. The molecule has 0 amide bonds. The number of aromatic nitrogens is 3. The predicted molar refractivity (Wildman–Crippen MR) is 90.9 cm³/mol. The van der Waals surface area contributed by atoms with Crippen molar-refractivity contribution in [3.8, 4) is 0 Å². The number of phosphoric acid groups is 2. The van der Waals surface area contributed by atoms with Gasteiger partial charge in [0.1, 0.15) is 11.8 Å². The molecule has 0 saturated heterocycles. The number of nitrogens with zero attached hydrogens (tertiary/aromatic N) is 2. The molecule has 2 rings (SSSR count). The average Bonchev–Trinajstić information content (AvgIpc) is 2.80. The Morgan fingerprint density at radius 1 is 1.29 bits per heavy atom. The van der Waals surface area contributed by atoms with E-state index in [9.17, 15) is 14.0 Å². The van der Waals surface area contributed by atoms with E-state index >= 15 is 0 Å². The fraction of sp³-hybridized carbons (Fsp3) is 0.417. The number of thiazole rings is 1. The van der Waals surface area contributed by atoms with Crippen molar-refractivity contribution in [3.63, 3.8) is 0 Å². The minimum atomic E-state index is -5.11. The zero-order valence-electron chi connectivity index (χ0n) is 14.8. The number of nitrogens with two attached hydrogens (primary N) is 1. The lowest BCUT2D eigenvalue weighted by Gasteiger charge is -2.11. The summed E-state index contributed by atoms with van der Waals surface area (Å²) in [7, 11) is -9.93. The molecule has 160 valence electrons. The molecule has 0 radical (unpaired) electrons. The van der Waals surface area contributed by atoms with Crippen molar-refractivity contribution in [2.45, 2.75) is 26.8 Å². The van der Waals surface area contributed by atoms with Gasteiger partial charge in [0, 0.05) is 20.3 Å². The molecular formula is C12H20Cl2N4O7P2S. The van der Waals surface area contributed by atoms with Crippen molar-refractivity contribution >= 4 is 32.8 Å². The molecule has 0 aliphatic heterocycles. The third kappa shape index (κ3) is 8.38. The number of H-pyrrole nitrogens is 1. The highest BCUT2D eigenvalue weighted by atomic mass is 35.5. The normalized spacial score (nSPS) is 13.3. The van der Waals surface area contributed by atoms with Gasteiger partial charge < -0.3 is 45.2 Å². The fourth-order valence-electron chi connectivity index (χ4n) is 2.12. The Balaban J connectivity index is 0.00000364. The Labute approximate surface area is 177 Å². The molecule has 11 nitrogen and oxygen atoms in total. The summed E-state index contributed by atoms with van der Waals surface area (Å²) < 4.78 is 32.3. The third-order valence-electron chi connectivity index (χ3n) is 3.36. The molecule has 16 heteroatoms. The maximum Gasteiger partial charge on any atom is 0.481 e. The number of halogens is 2. The number of phosphoric ester groups is 1. The molecule has 2 heterocycles. The number of anilines is 1. The second kappa shape index (κ2) is 10.9. The standard InChI is InChI=1S/C12H18N4O7P2S.2ClH/c1-8-11(3-4-22-25(20,21)23-24(17,18)19)26-7-16(8)6-10-5-14-9(2)15-12(10)13;;/h5,7H,3-4,6H2,1-2H3,(H4-,13,14,15,17,18,19,20,21);2*1H. The van der Waals surface area contributed by atoms with Crippen LogP contribution in [0.25, 0.3) is 0 Å². The van der Waals surface area contributed by atoms with Gasteiger partial charge in [-0.15, -0.1) is 0 Å². The van der Waals surface area contributed by atoms with E-state index in [4.69, 9.17) is 15.5 Å². The second-order valence-electron chi connectivity index (χ2n) is 5.38. The number of rotatable bonds is 8. The number of hydrogen-bond acceptors (Lipinski definition) is 7. The van der Waals surface area contributed by atoms with Crippen LogP contribution in [-0.2, 0) is 30.9 Å². The van der Waals surface area contributed by atoms with E-state index in [1.54, 1.807) is 13.1 Å². The van der Waals surface area contributed by atoms with E-state index in [0.29, 0.717) is 18.2 Å². The number of aryl methyl sites for hydroxylation is 1. The van der Waals surface area contributed by atoms with Crippen LogP contribution in [0, 0.1) is 13.8 Å². The number of nitrogen functional groups attached to an aromatic ring is 1. The van der Waals surface area contributed by atoms with Gasteiger partial charge in [0.15, 0.2) is 12.2 Å². The smallest absolute Gasteiger partial charge is 0.481 e. The Bertz CT molecular complexity index is 895. The summed E-state index contributed by atoms with van der Waals surface area (Å²) in [6.07, 6.45) is 2.05. The monoisotopic (exact) mass is 496 g/mol. The van der Waals surface area contributed by atoms with Gasteiger partial charge in [-0.25, -0.2) is 14.1 Å². The van der Waals surface area contributed by atoms with Crippen molar-refractivity contribution < 1.29 is 67.0 Å². The molecule has 0 bridgehead atoms. The summed E-state index contributed by atoms with van der Waals surface area (Å²) >= 11 is 1.41. The first-order valence-electron chi connectivity index (χ1n) is 7.31. The number of aromatic amines is 1. The summed E-state index contributed by atoms with van der Waals surface area (Å²) in [4.78, 5) is 34.4. The molecule has 0 aliphatic carbocycles. The van der Waals surface area contributed by atoms with Crippen LogP contribution in [-0.4, -0.2) is 26.3 Å². The molecule has 6 N–H and O–H groups in total. The zero-order chi connectivity index (χ0) is 19.5. The molecule has 0 spiro atoms. The summed E-state index contributed by atoms with van der Waals surface area (Å²) in [5.41, 5.74) is 9.50. The van der Waals surface area contributed by atoms with Crippen molar-refractivity contribution in [3.05, 3.63) is 33.7 Å². The van der Waals surface area contributed by atoms with Crippen LogP contribution >= 0.6 is 27.0 Å². The molecule has 2 aromatic heterocycles. The Hall–Kier alpha value is -0.650. The highest BCUT2D eigenvalue weighted by Gasteiger charge is 2.32. The molecule has 2 aromatic rings. The quantitative estimate of drug-likeness (QED) is 0.205. The van der Waals surface area contributed by atoms with E-state index in [-0.39, 0.29) is 37.8 Å². The molecular weight excluding hydrogens is 477 g/mol. The van der Waals surface area contributed by atoms with E-state index in [2.05, 4.69) is 18.8 Å². The van der Waals surface area contributed by atoms with Crippen molar-refractivity contribution in [2.75, 3.05) is 12.3 Å². The summed E-state index contributed by atoms with van der Waals surface area (Å²) in [5.74, 6) is 1.14. The molecule has 0 saturated carbocycles. The Morgan fingerprint density at radius 2 is 1.93 bits per heavy atom. The maximum atomic E-state index is 11.4. The summed E-state index contributed by atoms with van der Waals surface area (Å²) in [5, 5.41) is 0. The van der Waals surface area contributed by atoms with Crippen molar-refractivity contribution in [1.82, 2.24) is 4.98 Å². The lowest BCUT2D eigenvalue weighted by molar-refractivity contribution is -0.690. The van der Waals surface area contributed by atoms with Gasteiger partial charge in [0.05, 0.1) is 11.5 Å². The molecule has 1 unspecified atom stereocenters. The van der Waals surface area contributed by atoms with Crippen LogP contribution in [0.4, 0.5) is 5.82 Å². The maximum absolute atomic E-state index is 11.4. The SMILES string of the molecule is Cc1nc(N)c(C[n+]2csc(CCOP(=O)(O)OP(=O)(O)O)c2C)c[nH+]1.[Cl-].[Cl-]. The lowest BCUT2D eigenvalue weighted by Crippen LogP contribution is -3.00. The van der Waals surface area contributed by atoms with E-state index < -0.39 is 15.6 Å². The van der Waals surface area contributed by atoms with Gasteiger partial charge in [-0.3, -0.25) is 4.52 Å². The first-order valence-corrected chi connectivity index (χ1v) is 11.2. The Kier molecular flexibility index (Phi) is 10.7. The minimum absolute atomic E-state index is 0. The molecule has 0 aromatic carbocycles. The molecule has 0 aliphatic rings. The molecule has 1 atom stereocenters. The first kappa shape index (κ1) is 27.4. The van der Waals surface area contributed by atoms with Gasteiger partial charge in [0.2, 0.25) is 5.51 Å². The van der Waals surface area contributed by atoms with Gasteiger partial charge in [0.25, 0.3) is 11.6 Å². The van der Waals surface area contributed by atoms with Crippen molar-refractivity contribution in [1.29, 1.82) is 0 Å². The van der Waals surface area contributed by atoms with Gasteiger partial charge >= 0.3 is 15.6 Å². The molecule has 28 heavy (non-hydrogen) atoms. The highest BCUT2D eigenvalue weighted by molar-refractivity contribution is 7.60. The number of nitrogens with one attached hydrogen (secondary N) is 1. The number of hydrogen-bond donors (Lipinski definition) is 4. The topological polar surface area (TPSA) is 170 Å². The third-order valence-corrected chi connectivity index (χ3v) is 6.69. The van der Waals surface area contributed by atoms with E-state index in [0.717, 1.165) is 16.1 Å². The van der Waals surface area contributed by atoms with Crippen LogP contribution in [0.1, 0.15) is 22.0 Å². The van der Waals surface area contributed by atoms with Gasteiger partial charge in [-0.05, 0) is 4.98 Å². The predicted octanol–water partition coefficient (Wildman–Crippen LogP) is -5.73. The van der Waals surface area contributed by atoms with E-state index in [1.165, 1.54) is 11.3 Å². The zero-order valence-corrected chi connectivity index (χ0v) is 18.9. The van der Waals surface area contributed by atoms with Crippen LogP contribution < -0.4 is 40.1 Å². The van der Waals surface area contributed by atoms with Gasteiger partial charge in [-0.1, -0.05) is 11.3 Å². The summed E-state index contributed by atoms with van der Waals surface area (Å²) in [6, 6.07) is 0. The molecule has 0 fully saturated rings. The van der Waals surface area contributed by atoms with Crippen LogP contribution in [0.2, 0.25) is 0 Å². The minimum Gasteiger partial charge on any atom is -1.00 e. The van der Waals surface area contributed by atoms with Gasteiger partial charge in [-0.2, -0.15) is 8.88 Å². The fourth-order valence-corrected chi connectivity index (χ4v) is 4.68. The largest absolute Gasteiger partial charge is 1.00 e. The van der Waals surface area contributed by atoms with Crippen LogP contribution in [0.15, 0.2) is 11.7 Å².